The largest absolute Gasteiger partial charge is 0.312 e. The minimum Gasteiger partial charge on any atom is -0.312 e. The van der Waals surface area contributed by atoms with Gasteiger partial charge in [0.1, 0.15) is 0 Å². The first-order valence-corrected chi connectivity index (χ1v) is 7.86. The summed E-state index contributed by atoms with van der Waals surface area (Å²) in [5, 5.41) is 5.04. The predicted molar refractivity (Wildman–Crippen MR) is 74.4 cm³/mol. The SMILES string of the molecule is Cc1ccc(N2CC(CS(N)(=O)=O)CC2=O)c(C)c1. The molecule has 0 spiro atoms. The van der Waals surface area contributed by atoms with Crippen LogP contribution in [0.3, 0.4) is 0 Å². The molecule has 2 rings (SSSR count). The van der Waals surface area contributed by atoms with Gasteiger partial charge in [-0.3, -0.25) is 4.79 Å². The van der Waals surface area contributed by atoms with Crippen LogP contribution in [0.4, 0.5) is 5.69 Å². The molecule has 0 bridgehead atoms. The number of primary sulfonamides is 1. The molecular formula is C13H18N2O3S. The number of hydrogen-bond acceptors (Lipinski definition) is 3. The summed E-state index contributed by atoms with van der Waals surface area (Å²) < 4.78 is 22.2. The molecule has 1 heterocycles. The molecule has 1 saturated heterocycles. The van der Waals surface area contributed by atoms with E-state index in [0.29, 0.717) is 6.54 Å². The van der Waals surface area contributed by atoms with E-state index in [1.165, 1.54) is 0 Å². The van der Waals surface area contributed by atoms with Gasteiger partial charge in [0.25, 0.3) is 0 Å². The van der Waals surface area contributed by atoms with E-state index in [1.807, 2.05) is 32.0 Å². The molecule has 6 heteroatoms. The van der Waals surface area contributed by atoms with Crippen LogP contribution in [0.25, 0.3) is 0 Å². The number of amides is 1. The van der Waals surface area contributed by atoms with Crippen molar-refractivity contribution in [3.8, 4) is 0 Å². The molecule has 1 unspecified atom stereocenters. The summed E-state index contributed by atoms with van der Waals surface area (Å²) in [6.45, 7) is 4.36. The van der Waals surface area contributed by atoms with E-state index < -0.39 is 10.0 Å². The lowest BCUT2D eigenvalue weighted by Crippen LogP contribution is -2.28. The monoisotopic (exact) mass is 282 g/mol. The van der Waals surface area contributed by atoms with Gasteiger partial charge in [-0.1, -0.05) is 17.7 Å². The third-order valence-corrected chi connectivity index (χ3v) is 4.25. The molecule has 0 aromatic heterocycles. The summed E-state index contributed by atoms with van der Waals surface area (Å²) >= 11 is 0. The Balaban J connectivity index is 2.20. The average molecular weight is 282 g/mol. The maximum absolute atomic E-state index is 12.0. The van der Waals surface area contributed by atoms with Crippen LogP contribution in [-0.4, -0.2) is 26.6 Å². The van der Waals surface area contributed by atoms with Crippen molar-refractivity contribution in [1.82, 2.24) is 0 Å². The Morgan fingerprint density at radius 2 is 2.05 bits per heavy atom. The van der Waals surface area contributed by atoms with E-state index in [1.54, 1.807) is 4.90 Å². The van der Waals surface area contributed by atoms with Crippen LogP contribution in [0.15, 0.2) is 18.2 Å². The molecule has 2 N–H and O–H groups in total. The number of nitrogens with two attached hydrogens (primary N) is 1. The molecule has 0 radical (unpaired) electrons. The number of hydrogen-bond donors (Lipinski definition) is 1. The fourth-order valence-electron chi connectivity index (χ4n) is 2.56. The fourth-order valence-corrected chi connectivity index (χ4v) is 3.44. The number of carbonyl (C=O) groups is 1. The van der Waals surface area contributed by atoms with Crippen LogP contribution < -0.4 is 10.0 Å². The molecule has 1 atom stereocenters. The van der Waals surface area contributed by atoms with Crippen LogP contribution in [-0.2, 0) is 14.8 Å². The maximum Gasteiger partial charge on any atom is 0.227 e. The number of anilines is 1. The van der Waals surface area contributed by atoms with Crippen molar-refractivity contribution in [2.24, 2.45) is 11.1 Å². The molecule has 1 aromatic carbocycles. The number of aryl methyl sites for hydroxylation is 2. The summed E-state index contributed by atoms with van der Waals surface area (Å²) in [6, 6.07) is 5.86. The lowest BCUT2D eigenvalue weighted by atomic mass is 10.1. The molecule has 1 fully saturated rings. The van der Waals surface area contributed by atoms with Gasteiger partial charge in [-0.05, 0) is 25.5 Å². The molecule has 1 aromatic rings. The Hall–Kier alpha value is -1.40. The highest BCUT2D eigenvalue weighted by molar-refractivity contribution is 7.89. The first-order valence-electron chi connectivity index (χ1n) is 6.14. The third kappa shape index (κ3) is 3.33. The summed E-state index contributed by atoms with van der Waals surface area (Å²) in [5.74, 6) is -0.399. The Bertz CT molecular complexity index is 610. The van der Waals surface area contributed by atoms with E-state index in [0.717, 1.165) is 16.8 Å². The van der Waals surface area contributed by atoms with E-state index in [-0.39, 0.29) is 24.0 Å². The summed E-state index contributed by atoms with van der Waals surface area (Å²) in [7, 11) is -3.53. The summed E-state index contributed by atoms with van der Waals surface area (Å²) in [5.41, 5.74) is 3.01. The smallest absolute Gasteiger partial charge is 0.227 e. The molecule has 1 aliphatic rings. The molecular weight excluding hydrogens is 264 g/mol. The Morgan fingerprint density at radius 3 is 2.63 bits per heavy atom. The van der Waals surface area contributed by atoms with E-state index in [2.05, 4.69) is 0 Å². The van der Waals surface area contributed by atoms with Crippen molar-refractivity contribution in [1.29, 1.82) is 0 Å². The molecule has 19 heavy (non-hydrogen) atoms. The van der Waals surface area contributed by atoms with Gasteiger partial charge in [-0.15, -0.1) is 0 Å². The summed E-state index contributed by atoms with van der Waals surface area (Å²) in [6.07, 6.45) is 0.240. The van der Waals surface area contributed by atoms with Crippen molar-refractivity contribution in [2.45, 2.75) is 20.3 Å². The van der Waals surface area contributed by atoms with Crippen LogP contribution in [0.2, 0.25) is 0 Å². The number of rotatable bonds is 3. The first-order chi connectivity index (χ1) is 8.76. The quantitative estimate of drug-likeness (QED) is 0.896. The molecule has 5 nitrogen and oxygen atoms in total. The van der Waals surface area contributed by atoms with Gasteiger partial charge in [0.05, 0.1) is 5.75 Å². The minimum atomic E-state index is -3.53. The predicted octanol–water partition coefficient (Wildman–Crippen LogP) is 0.945. The van der Waals surface area contributed by atoms with Crippen molar-refractivity contribution >= 4 is 21.6 Å². The number of nitrogens with zero attached hydrogens (tertiary/aromatic N) is 1. The lowest BCUT2D eigenvalue weighted by Gasteiger charge is -2.19. The van der Waals surface area contributed by atoms with Gasteiger partial charge in [0.15, 0.2) is 0 Å². The maximum atomic E-state index is 12.0. The van der Waals surface area contributed by atoms with Gasteiger partial charge in [-0.2, -0.15) is 0 Å². The molecule has 0 aliphatic carbocycles. The Kier molecular flexibility index (Phi) is 3.64. The van der Waals surface area contributed by atoms with Gasteiger partial charge < -0.3 is 4.90 Å². The normalized spacial score (nSPS) is 20.1. The fraction of sp³-hybridized carbons (Fsp3) is 0.462. The Morgan fingerprint density at radius 1 is 1.37 bits per heavy atom. The van der Waals surface area contributed by atoms with Gasteiger partial charge in [0, 0.05) is 24.6 Å². The molecule has 1 amide bonds. The Labute approximate surface area is 113 Å². The number of carbonyl (C=O) groups excluding carboxylic acids is 1. The molecule has 0 saturated carbocycles. The third-order valence-electron chi connectivity index (χ3n) is 3.32. The van der Waals surface area contributed by atoms with E-state index in [9.17, 15) is 13.2 Å². The van der Waals surface area contributed by atoms with Crippen LogP contribution >= 0.6 is 0 Å². The van der Waals surface area contributed by atoms with Crippen LogP contribution in [0.5, 0.6) is 0 Å². The number of benzene rings is 1. The summed E-state index contributed by atoms with van der Waals surface area (Å²) in [4.78, 5) is 13.7. The second-order valence-electron chi connectivity index (χ2n) is 5.19. The minimum absolute atomic E-state index is 0.0411. The highest BCUT2D eigenvalue weighted by Gasteiger charge is 2.33. The van der Waals surface area contributed by atoms with Crippen molar-refractivity contribution < 1.29 is 13.2 Å². The van der Waals surface area contributed by atoms with Crippen LogP contribution in [0, 0.1) is 19.8 Å². The standard InChI is InChI=1S/C13H18N2O3S/c1-9-3-4-12(10(2)5-9)15-7-11(6-13(15)16)8-19(14,17)18/h3-5,11H,6-8H2,1-2H3,(H2,14,17,18). The zero-order valence-electron chi connectivity index (χ0n) is 11.1. The average Bonchev–Trinajstić information content (AvgIpc) is 2.56. The zero-order chi connectivity index (χ0) is 14.2. The van der Waals surface area contributed by atoms with E-state index in [4.69, 9.17) is 5.14 Å². The lowest BCUT2D eigenvalue weighted by molar-refractivity contribution is -0.117. The zero-order valence-corrected chi connectivity index (χ0v) is 11.9. The van der Waals surface area contributed by atoms with Crippen molar-refractivity contribution in [2.75, 3.05) is 17.2 Å². The highest BCUT2D eigenvalue weighted by atomic mass is 32.2. The van der Waals surface area contributed by atoms with E-state index >= 15 is 0 Å². The van der Waals surface area contributed by atoms with Crippen molar-refractivity contribution in [3.63, 3.8) is 0 Å². The molecule has 1 aliphatic heterocycles. The molecule has 104 valence electrons. The van der Waals surface area contributed by atoms with Gasteiger partial charge >= 0.3 is 0 Å². The first kappa shape index (κ1) is 14.0. The van der Waals surface area contributed by atoms with Gasteiger partial charge in [-0.25, -0.2) is 13.6 Å². The topological polar surface area (TPSA) is 80.5 Å². The highest BCUT2D eigenvalue weighted by Crippen LogP contribution is 2.28. The number of sulfonamides is 1. The van der Waals surface area contributed by atoms with Gasteiger partial charge in [0.2, 0.25) is 15.9 Å². The second-order valence-corrected chi connectivity index (χ2v) is 6.85. The van der Waals surface area contributed by atoms with Crippen LogP contribution in [0.1, 0.15) is 17.5 Å². The second kappa shape index (κ2) is 4.94. The van der Waals surface area contributed by atoms with Crippen molar-refractivity contribution in [3.05, 3.63) is 29.3 Å².